The molecule has 0 saturated heterocycles. The molecule has 1 fully saturated rings. The summed E-state index contributed by atoms with van der Waals surface area (Å²) in [6.45, 7) is 5.11. The number of ether oxygens (including phenoxy) is 1. The molecule has 1 aromatic rings. The van der Waals surface area contributed by atoms with Crippen LogP contribution < -0.4 is 5.73 Å². The van der Waals surface area contributed by atoms with E-state index in [0.717, 1.165) is 5.69 Å². The average Bonchev–Trinajstić information content (AvgIpc) is 3.21. The number of aryl methyl sites for hydroxylation is 1. The number of methoxy groups -OCH3 is 1. The van der Waals surface area contributed by atoms with E-state index < -0.39 is 0 Å². The number of nitrogens with zero attached hydrogens (tertiary/aromatic N) is 2. The largest absolute Gasteiger partial charge is 0.384 e. The molecule has 1 atom stereocenters. The van der Waals surface area contributed by atoms with Gasteiger partial charge in [-0.05, 0) is 44.7 Å². The van der Waals surface area contributed by atoms with Gasteiger partial charge in [0.05, 0.1) is 6.61 Å². The van der Waals surface area contributed by atoms with Gasteiger partial charge in [-0.15, -0.1) is 0 Å². The van der Waals surface area contributed by atoms with Crippen molar-refractivity contribution in [2.24, 2.45) is 5.92 Å². The van der Waals surface area contributed by atoms with Crippen LogP contribution in [0.2, 0.25) is 0 Å². The molecule has 0 bridgehead atoms. The summed E-state index contributed by atoms with van der Waals surface area (Å²) in [4.78, 5) is 18.7. The lowest BCUT2D eigenvalue weighted by atomic mass is 10.1. The van der Waals surface area contributed by atoms with Gasteiger partial charge in [-0.2, -0.15) is 0 Å². The first-order valence-corrected chi connectivity index (χ1v) is 7.07. The summed E-state index contributed by atoms with van der Waals surface area (Å²) < 4.78 is 5.13. The fourth-order valence-electron chi connectivity index (χ4n) is 2.50. The maximum atomic E-state index is 12.7. The summed E-state index contributed by atoms with van der Waals surface area (Å²) >= 11 is 0. The van der Waals surface area contributed by atoms with Gasteiger partial charge in [-0.1, -0.05) is 0 Å². The number of nitrogens with two attached hydrogens (primary N) is 1. The lowest BCUT2D eigenvalue weighted by molar-refractivity contribution is 0.0594. The third kappa shape index (κ3) is 3.48. The van der Waals surface area contributed by atoms with E-state index in [-0.39, 0.29) is 11.9 Å². The second-order valence-corrected chi connectivity index (χ2v) is 5.49. The molecule has 1 amide bonds. The number of carbonyl (C=O) groups excluding carboxylic acids is 1. The molecule has 2 N–H and O–H groups in total. The van der Waals surface area contributed by atoms with Crippen LogP contribution in [0.5, 0.6) is 0 Å². The number of pyridine rings is 1. The summed E-state index contributed by atoms with van der Waals surface area (Å²) in [6.07, 6.45) is 2.41. The number of carbonyl (C=O) groups is 1. The third-order valence-electron chi connectivity index (χ3n) is 3.81. The van der Waals surface area contributed by atoms with E-state index in [0.29, 0.717) is 30.5 Å². The van der Waals surface area contributed by atoms with Crippen LogP contribution >= 0.6 is 0 Å². The first-order chi connectivity index (χ1) is 9.52. The van der Waals surface area contributed by atoms with Crippen molar-refractivity contribution in [3.05, 3.63) is 23.4 Å². The van der Waals surface area contributed by atoms with E-state index in [1.165, 1.54) is 12.8 Å². The minimum atomic E-state index is 0.0126. The van der Waals surface area contributed by atoms with Crippen molar-refractivity contribution in [2.75, 3.05) is 26.0 Å². The van der Waals surface area contributed by atoms with Gasteiger partial charge in [-0.3, -0.25) is 4.79 Å². The van der Waals surface area contributed by atoms with Crippen LogP contribution in [0, 0.1) is 12.8 Å². The Hall–Kier alpha value is -1.62. The fourth-order valence-corrected chi connectivity index (χ4v) is 2.50. The molecule has 20 heavy (non-hydrogen) atoms. The average molecular weight is 277 g/mol. The number of nitrogen functional groups attached to an aromatic ring is 1. The molecule has 0 aromatic carbocycles. The Balaban J connectivity index is 2.19. The van der Waals surface area contributed by atoms with Crippen LogP contribution in [-0.4, -0.2) is 42.1 Å². The summed E-state index contributed by atoms with van der Waals surface area (Å²) in [7, 11) is 1.65. The lowest BCUT2D eigenvalue weighted by Gasteiger charge is -2.29. The lowest BCUT2D eigenvalue weighted by Crippen LogP contribution is -2.42. The summed E-state index contributed by atoms with van der Waals surface area (Å²) in [5, 5.41) is 0. The Bertz CT molecular complexity index is 466. The quantitative estimate of drug-likeness (QED) is 0.861. The minimum absolute atomic E-state index is 0.0126. The molecule has 1 heterocycles. The number of aromatic nitrogens is 1. The summed E-state index contributed by atoms with van der Waals surface area (Å²) in [5.74, 6) is 1.02. The van der Waals surface area contributed by atoms with E-state index in [2.05, 4.69) is 11.9 Å². The van der Waals surface area contributed by atoms with Gasteiger partial charge in [-0.25, -0.2) is 4.98 Å². The van der Waals surface area contributed by atoms with Gasteiger partial charge in [0, 0.05) is 31.0 Å². The zero-order valence-corrected chi connectivity index (χ0v) is 12.4. The molecule has 1 aromatic heterocycles. The molecule has 0 radical (unpaired) electrons. The van der Waals surface area contributed by atoms with Crippen molar-refractivity contribution in [2.45, 2.75) is 32.7 Å². The highest BCUT2D eigenvalue weighted by Crippen LogP contribution is 2.35. The van der Waals surface area contributed by atoms with Crippen molar-refractivity contribution >= 4 is 11.7 Å². The minimum Gasteiger partial charge on any atom is -0.384 e. The van der Waals surface area contributed by atoms with E-state index in [1.807, 2.05) is 11.8 Å². The molecule has 5 heteroatoms. The zero-order chi connectivity index (χ0) is 14.7. The zero-order valence-electron chi connectivity index (χ0n) is 12.4. The normalized spacial score (nSPS) is 15.9. The number of hydrogen-bond acceptors (Lipinski definition) is 4. The molecule has 1 aliphatic carbocycles. The summed E-state index contributed by atoms with van der Waals surface area (Å²) in [5.41, 5.74) is 7.11. The number of rotatable bonds is 6. The van der Waals surface area contributed by atoms with E-state index in [1.54, 1.807) is 19.2 Å². The van der Waals surface area contributed by atoms with Crippen molar-refractivity contribution in [3.63, 3.8) is 0 Å². The number of amides is 1. The molecule has 0 aliphatic heterocycles. The highest BCUT2D eigenvalue weighted by molar-refractivity contribution is 5.95. The van der Waals surface area contributed by atoms with Crippen LogP contribution in [0.3, 0.4) is 0 Å². The molecule has 110 valence electrons. The molecular weight excluding hydrogens is 254 g/mol. The Kier molecular flexibility index (Phi) is 4.60. The molecule has 1 unspecified atom stereocenters. The maximum Gasteiger partial charge on any atom is 0.254 e. The molecular formula is C15H23N3O2. The monoisotopic (exact) mass is 277 g/mol. The van der Waals surface area contributed by atoms with Crippen LogP contribution in [0.4, 0.5) is 5.82 Å². The van der Waals surface area contributed by atoms with Gasteiger partial charge in [0.1, 0.15) is 5.82 Å². The number of hydrogen-bond donors (Lipinski definition) is 1. The summed E-state index contributed by atoms with van der Waals surface area (Å²) in [6, 6.07) is 3.68. The Morgan fingerprint density at radius 1 is 1.55 bits per heavy atom. The highest BCUT2D eigenvalue weighted by atomic mass is 16.5. The van der Waals surface area contributed by atoms with Crippen molar-refractivity contribution in [1.82, 2.24) is 9.88 Å². The van der Waals surface area contributed by atoms with Crippen molar-refractivity contribution < 1.29 is 9.53 Å². The second kappa shape index (κ2) is 6.22. The standard InChI is InChI=1S/C15H23N3O2/c1-10-8-13(9-14(16)17-10)15(19)18(6-7-20-3)11(2)12-4-5-12/h8-9,11-12H,4-7H2,1-3H3,(H2,16,17). The number of anilines is 1. The topological polar surface area (TPSA) is 68.5 Å². The van der Waals surface area contributed by atoms with Crippen LogP contribution in [0.25, 0.3) is 0 Å². The van der Waals surface area contributed by atoms with Gasteiger partial charge in [0.15, 0.2) is 0 Å². The van der Waals surface area contributed by atoms with Crippen LogP contribution in [-0.2, 0) is 4.74 Å². The fraction of sp³-hybridized carbons (Fsp3) is 0.600. The van der Waals surface area contributed by atoms with E-state index in [9.17, 15) is 4.79 Å². The van der Waals surface area contributed by atoms with Crippen molar-refractivity contribution in [3.8, 4) is 0 Å². The molecule has 0 spiro atoms. The third-order valence-corrected chi connectivity index (χ3v) is 3.81. The first kappa shape index (κ1) is 14.8. The smallest absolute Gasteiger partial charge is 0.254 e. The SMILES string of the molecule is COCCN(C(=O)c1cc(C)nc(N)c1)C(C)C1CC1. The Labute approximate surface area is 120 Å². The molecule has 1 aliphatic rings. The van der Waals surface area contributed by atoms with E-state index >= 15 is 0 Å². The molecule has 5 nitrogen and oxygen atoms in total. The van der Waals surface area contributed by atoms with Gasteiger partial charge >= 0.3 is 0 Å². The molecule has 2 rings (SSSR count). The van der Waals surface area contributed by atoms with Crippen molar-refractivity contribution in [1.29, 1.82) is 0 Å². The van der Waals surface area contributed by atoms with Gasteiger partial charge in [0.25, 0.3) is 5.91 Å². The Morgan fingerprint density at radius 3 is 2.80 bits per heavy atom. The Morgan fingerprint density at radius 2 is 2.25 bits per heavy atom. The van der Waals surface area contributed by atoms with E-state index in [4.69, 9.17) is 10.5 Å². The first-order valence-electron chi connectivity index (χ1n) is 7.07. The van der Waals surface area contributed by atoms with Crippen LogP contribution in [0.1, 0.15) is 35.8 Å². The highest BCUT2D eigenvalue weighted by Gasteiger charge is 2.34. The van der Waals surface area contributed by atoms with Gasteiger partial charge < -0.3 is 15.4 Å². The van der Waals surface area contributed by atoms with Crippen LogP contribution in [0.15, 0.2) is 12.1 Å². The van der Waals surface area contributed by atoms with Gasteiger partial charge in [0.2, 0.25) is 0 Å². The predicted octanol–water partition coefficient (Wildman–Crippen LogP) is 1.86. The second-order valence-electron chi connectivity index (χ2n) is 5.49. The maximum absolute atomic E-state index is 12.7. The predicted molar refractivity (Wildman–Crippen MR) is 78.5 cm³/mol. The molecule has 1 saturated carbocycles.